The molecule has 0 aliphatic carbocycles. The van der Waals surface area contributed by atoms with Gasteiger partial charge in [-0.3, -0.25) is 5.32 Å². The Hall–Kier alpha value is -1.36. The molecule has 0 spiro atoms. The standard InChI is InChI=1S/C7H9N5/c1-5-9-3-6-7(8-2,12-5)11-4-10-6/h3-4,8H,1-2H3. The van der Waals surface area contributed by atoms with Gasteiger partial charge in [0.25, 0.3) is 5.79 Å². The first-order valence-corrected chi connectivity index (χ1v) is 3.68. The van der Waals surface area contributed by atoms with E-state index in [0.29, 0.717) is 5.84 Å². The second-order valence-electron chi connectivity index (χ2n) is 2.60. The zero-order valence-corrected chi connectivity index (χ0v) is 6.94. The van der Waals surface area contributed by atoms with Gasteiger partial charge in [-0.05, 0) is 14.0 Å². The summed E-state index contributed by atoms with van der Waals surface area (Å²) in [5.74, 6) is 0.0219. The Labute approximate surface area is 70.0 Å². The van der Waals surface area contributed by atoms with Gasteiger partial charge in [-0.1, -0.05) is 0 Å². The van der Waals surface area contributed by atoms with Crippen LogP contribution in [0.5, 0.6) is 0 Å². The van der Waals surface area contributed by atoms with E-state index in [-0.39, 0.29) is 0 Å². The highest BCUT2D eigenvalue weighted by Gasteiger charge is 2.36. The van der Waals surface area contributed by atoms with Crippen LogP contribution >= 0.6 is 0 Å². The average molecular weight is 163 g/mol. The third kappa shape index (κ3) is 0.831. The van der Waals surface area contributed by atoms with Crippen LogP contribution < -0.4 is 5.32 Å². The van der Waals surface area contributed by atoms with Crippen molar-refractivity contribution in [2.24, 2.45) is 20.0 Å². The SMILES string of the molecule is CNC12N=CN=C1C=NC(C)=N2. The predicted molar refractivity (Wildman–Crippen MR) is 49.3 cm³/mol. The van der Waals surface area contributed by atoms with Crippen molar-refractivity contribution in [2.45, 2.75) is 12.7 Å². The third-order valence-corrected chi connectivity index (χ3v) is 1.84. The van der Waals surface area contributed by atoms with E-state index in [4.69, 9.17) is 0 Å². The second-order valence-corrected chi connectivity index (χ2v) is 2.60. The maximum Gasteiger partial charge on any atom is 0.253 e. The summed E-state index contributed by atoms with van der Waals surface area (Å²) in [7, 11) is 1.80. The molecule has 1 unspecified atom stereocenters. The van der Waals surface area contributed by atoms with Crippen LogP contribution in [0, 0.1) is 0 Å². The molecule has 1 atom stereocenters. The van der Waals surface area contributed by atoms with Crippen molar-refractivity contribution in [2.75, 3.05) is 7.05 Å². The molecule has 2 heterocycles. The number of rotatable bonds is 1. The lowest BCUT2D eigenvalue weighted by Gasteiger charge is -2.23. The van der Waals surface area contributed by atoms with Crippen LogP contribution in [-0.4, -0.2) is 36.9 Å². The van der Waals surface area contributed by atoms with Crippen molar-refractivity contribution < 1.29 is 0 Å². The predicted octanol–water partition coefficient (Wildman–Crippen LogP) is -0.155. The molecular formula is C7H9N5. The fraction of sp³-hybridized carbons (Fsp3) is 0.429. The monoisotopic (exact) mass is 163 g/mol. The van der Waals surface area contributed by atoms with Crippen molar-refractivity contribution in [1.82, 2.24) is 5.32 Å². The van der Waals surface area contributed by atoms with Crippen LogP contribution in [0.15, 0.2) is 20.0 Å². The summed E-state index contributed by atoms with van der Waals surface area (Å²) < 4.78 is 0. The summed E-state index contributed by atoms with van der Waals surface area (Å²) in [6.07, 6.45) is 3.19. The van der Waals surface area contributed by atoms with Gasteiger partial charge in [0, 0.05) is 0 Å². The van der Waals surface area contributed by atoms with Gasteiger partial charge in [-0.25, -0.2) is 20.0 Å². The highest BCUT2D eigenvalue weighted by Crippen LogP contribution is 2.17. The largest absolute Gasteiger partial charge is 0.272 e. The Morgan fingerprint density at radius 1 is 1.50 bits per heavy atom. The maximum atomic E-state index is 4.27. The van der Waals surface area contributed by atoms with Gasteiger partial charge in [0.2, 0.25) is 0 Å². The summed E-state index contributed by atoms with van der Waals surface area (Å²) >= 11 is 0. The topological polar surface area (TPSA) is 61.5 Å². The van der Waals surface area contributed by atoms with Gasteiger partial charge in [0.1, 0.15) is 17.9 Å². The van der Waals surface area contributed by atoms with Crippen LogP contribution in [0.4, 0.5) is 0 Å². The summed E-state index contributed by atoms with van der Waals surface area (Å²) in [4.78, 5) is 16.5. The fourth-order valence-corrected chi connectivity index (χ4v) is 1.21. The zero-order valence-electron chi connectivity index (χ0n) is 6.94. The van der Waals surface area contributed by atoms with Crippen molar-refractivity contribution in [3.05, 3.63) is 0 Å². The minimum atomic E-state index is -0.689. The molecule has 2 aliphatic rings. The number of hydrogen-bond acceptors (Lipinski definition) is 5. The lowest BCUT2D eigenvalue weighted by atomic mass is 10.2. The molecule has 5 heteroatoms. The van der Waals surface area contributed by atoms with E-state index in [1.807, 2.05) is 6.92 Å². The molecule has 0 radical (unpaired) electrons. The molecule has 12 heavy (non-hydrogen) atoms. The summed E-state index contributed by atoms with van der Waals surface area (Å²) in [6, 6.07) is 0. The lowest BCUT2D eigenvalue weighted by molar-refractivity contribution is 0.526. The van der Waals surface area contributed by atoms with E-state index in [1.54, 1.807) is 13.3 Å². The first-order chi connectivity index (χ1) is 5.77. The first kappa shape index (κ1) is 7.30. The van der Waals surface area contributed by atoms with Gasteiger partial charge >= 0.3 is 0 Å². The lowest BCUT2D eigenvalue weighted by Crippen LogP contribution is -2.48. The van der Waals surface area contributed by atoms with Crippen molar-refractivity contribution in [1.29, 1.82) is 0 Å². The van der Waals surface area contributed by atoms with Crippen LogP contribution in [0.2, 0.25) is 0 Å². The summed E-state index contributed by atoms with van der Waals surface area (Å²) in [5.41, 5.74) is 0.746. The number of hydrogen-bond donors (Lipinski definition) is 1. The number of nitrogens with zero attached hydrogens (tertiary/aromatic N) is 4. The van der Waals surface area contributed by atoms with E-state index in [1.165, 1.54) is 6.34 Å². The van der Waals surface area contributed by atoms with E-state index in [9.17, 15) is 0 Å². The summed E-state index contributed by atoms with van der Waals surface area (Å²) in [5, 5.41) is 3.00. The highest BCUT2D eigenvalue weighted by atomic mass is 15.3. The van der Waals surface area contributed by atoms with Gasteiger partial charge in [-0.2, -0.15) is 0 Å². The molecule has 0 amide bonds. The molecule has 0 aromatic heterocycles. The van der Waals surface area contributed by atoms with Gasteiger partial charge in [0.15, 0.2) is 0 Å². The average Bonchev–Trinajstić information content (AvgIpc) is 2.47. The number of amidine groups is 1. The molecule has 1 N–H and O–H groups in total. The summed E-state index contributed by atoms with van der Waals surface area (Å²) in [6.45, 7) is 1.83. The van der Waals surface area contributed by atoms with Crippen LogP contribution in [0.25, 0.3) is 0 Å². The Kier molecular flexibility index (Phi) is 1.41. The molecule has 2 rings (SSSR count). The Morgan fingerprint density at radius 2 is 2.33 bits per heavy atom. The van der Waals surface area contributed by atoms with E-state index >= 15 is 0 Å². The Balaban J connectivity index is 2.48. The van der Waals surface area contributed by atoms with Crippen LogP contribution in [0.3, 0.4) is 0 Å². The molecular weight excluding hydrogens is 154 g/mol. The van der Waals surface area contributed by atoms with Gasteiger partial charge < -0.3 is 0 Å². The quantitative estimate of drug-likeness (QED) is 0.574. The Bertz CT molecular complexity index is 325. The normalized spacial score (nSPS) is 31.5. The number of fused-ring (bicyclic) bond motifs is 1. The smallest absolute Gasteiger partial charge is 0.253 e. The van der Waals surface area contributed by atoms with Crippen LogP contribution in [-0.2, 0) is 0 Å². The van der Waals surface area contributed by atoms with Crippen LogP contribution in [0.1, 0.15) is 6.92 Å². The minimum absolute atomic E-state index is 0.689. The zero-order chi connectivity index (χ0) is 8.60. The fourth-order valence-electron chi connectivity index (χ4n) is 1.21. The van der Waals surface area contributed by atoms with E-state index < -0.39 is 5.79 Å². The molecule has 0 aromatic carbocycles. The molecule has 0 aromatic rings. The molecule has 0 saturated carbocycles. The minimum Gasteiger partial charge on any atom is -0.272 e. The second kappa shape index (κ2) is 2.31. The maximum absolute atomic E-state index is 4.27. The van der Waals surface area contributed by atoms with Gasteiger partial charge in [0.05, 0.1) is 6.21 Å². The van der Waals surface area contributed by atoms with Crippen molar-refractivity contribution >= 4 is 24.1 Å². The highest BCUT2D eigenvalue weighted by molar-refractivity contribution is 6.39. The van der Waals surface area contributed by atoms with E-state index in [0.717, 1.165) is 5.71 Å². The molecule has 5 nitrogen and oxygen atoms in total. The molecule has 2 aliphatic heterocycles. The molecule has 0 bridgehead atoms. The van der Waals surface area contributed by atoms with Crippen molar-refractivity contribution in [3.8, 4) is 0 Å². The van der Waals surface area contributed by atoms with E-state index in [2.05, 4.69) is 25.3 Å². The molecule has 0 saturated heterocycles. The molecule has 0 fully saturated rings. The number of nitrogens with one attached hydrogen (secondary N) is 1. The van der Waals surface area contributed by atoms with Gasteiger partial charge in [-0.15, -0.1) is 0 Å². The number of aliphatic imine (C=N–C) groups is 4. The molecule has 62 valence electrons. The first-order valence-electron chi connectivity index (χ1n) is 3.68. The Morgan fingerprint density at radius 3 is 3.08 bits per heavy atom. The third-order valence-electron chi connectivity index (χ3n) is 1.84. The van der Waals surface area contributed by atoms with Crippen molar-refractivity contribution in [3.63, 3.8) is 0 Å².